The third-order valence-corrected chi connectivity index (χ3v) is 3.33. The van der Waals surface area contributed by atoms with Crippen molar-refractivity contribution in [3.05, 3.63) is 11.1 Å². The molecule has 0 unspecified atom stereocenters. The van der Waals surface area contributed by atoms with Crippen LogP contribution in [0.25, 0.3) is 0 Å². The van der Waals surface area contributed by atoms with Crippen molar-refractivity contribution in [2.24, 2.45) is 0 Å². The molecule has 0 aliphatic heterocycles. The Bertz CT molecular complexity index is 360. The summed E-state index contributed by atoms with van der Waals surface area (Å²) in [6.45, 7) is 2.75. The Morgan fingerprint density at radius 1 is 1.62 bits per heavy atom. The fourth-order valence-corrected chi connectivity index (χ4v) is 2.18. The third-order valence-electron chi connectivity index (χ3n) is 2.48. The normalized spacial score (nSPS) is 14.8. The summed E-state index contributed by atoms with van der Waals surface area (Å²) >= 11 is 1.60. The standard InChI is InChI=1S/C11H17N3OS/c1-2-8-7-16-11(14-8)12-6-5-10(15)13-9-3-4-9/h7,9H,2-6H2,1H3,(H,12,14)(H,13,15). The molecule has 0 bridgehead atoms. The van der Waals surface area contributed by atoms with Crippen molar-refractivity contribution in [3.8, 4) is 0 Å². The van der Waals surface area contributed by atoms with Crippen LogP contribution < -0.4 is 10.6 Å². The minimum atomic E-state index is 0.141. The third kappa shape index (κ3) is 3.48. The number of aryl methyl sites for hydroxylation is 1. The molecule has 0 saturated heterocycles. The lowest BCUT2D eigenvalue weighted by molar-refractivity contribution is -0.120. The van der Waals surface area contributed by atoms with Gasteiger partial charge in [-0.2, -0.15) is 0 Å². The van der Waals surface area contributed by atoms with E-state index < -0.39 is 0 Å². The lowest BCUT2D eigenvalue weighted by Gasteiger charge is -2.03. The first kappa shape index (κ1) is 11.4. The van der Waals surface area contributed by atoms with Gasteiger partial charge in [0.25, 0.3) is 0 Å². The van der Waals surface area contributed by atoms with E-state index in [-0.39, 0.29) is 5.91 Å². The van der Waals surface area contributed by atoms with Crippen molar-refractivity contribution < 1.29 is 4.79 Å². The first-order chi connectivity index (χ1) is 7.78. The molecule has 0 aromatic carbocycles. The molecule has 5 heteroatoms. The predicted octanol–water partition coefficient (Wildman–Crippen LogP) is 1.79. The molecule has 16 heavy (non-hydrogen) atoms. The number of carbonyl (C=O) groups excluding carboxylic acids is 1. The first-order valence-corrected chi connectivity index (χ1v) is 6.63. The summed E-state index contributed by atoms with van der Waals surface area (Å²) in [4.78, 5) is 15.8. The number of hydrogen-bond acceptors (Lipinski definition) is 4. The molecule has 1 heterocycles. The number of thiazole rings is 1. The first-order valence-electron chi connectivity index (χ1n) is 5.75. The van der Waals surface area contributed by atoms with Gasteiger partial charge in [-0.05, 0) is 19.3 Å². The van der Waals surface area contributed by atoms with E-state index in [0.717, 1.165) is 30.1 Å². The number of aromatic nitrogens is 1. The smallest absolute Gasteiger partial charge is 0.221 e. The Kier molecular flexibility index (Phi) is 3.77. The molecule has 0 atom stereocenters. The van der Waals surface area contributed by atoms with Gasteiger partial charge < -0.3 is 10.6 Å². The van der Waals surface area contributed by atoms with E-state index in [1.54, 1.807) is 11.3 Å². The van der Waals surface area contributed by atoms with Crippen LogP contribution in [0.15, 0.2) is 5.38 Å². The Morgan fingerprint density at radius 3 is 3.06 bits per heavy atom. The molecular weight excluding hydrogens is 222 g/mol. The summed E-state index contributed by atoms with van der Waals surface area (Å²) in [6, 6.07) is 0.457. The van der Waals surface area contributed by atoms with Crippen molar-refractivity contribution in [1.29, 1.82) is 0 Å². The van der Waals surface area contributed by atoms with Crippen molar-refractivity contribution in [3.63, 3.8) is 0 Å². The van der Waals surface area contributed by atoms with Gasteiger partial charge in [0, 0.05) is 24.4 Å². The molecule has 88 valence electrons. The van der Waals surface area contributed by atoms with Gasteiger partial charge >= 0.3 is 0 Å². The minimum absolute atomic E-state index is 0.141. The number of nitrogens with one attached hydrogen (secondary N) is 2. The van der Waals surface area contributed by atoms with E-state index >= 15 is 0 Å². The molecule has 4 nitrogen and oxygen atoms in total. The molecule has 1 aliphatic rings. The van der Waals surface area contributed by atoms with Crippen LogP contribution in [-0.2, 0) is 11.2 Å². The Labute approximate surface area is 99.5 Å². The van der Waals surface area contributed by atoms with Crippen LogP contribution in [-0.4, -0.2) is 23.5 Å². The predicted molar refractivity (Wildman–Crippen MR) is 65.8 cm³/mol. The van der Waals surface area contributed by atoms with E-state index in [1.807, 2.05) is 5.38 Å². The van der Waals surface area contributed by atoms with Crippen LogP contribution >= 0.6 is 11.3 Å². The molecule has 0 radical (unpaired) electrons. The van der Waals surface area contributed by atoms with Crippen LogP contribution in [0, 0.1) is 0 Å². The zero-order valence-corrected chi connectivity index (χ0v) is 10.3. The molecule has 2 rings (SSSR count). The number of amides is 1. The molecule has 1 aliphatic carbocycles. The van der Waals surface area contributed by atoms with Crippen LogP contribution in [0.2, 0.25) is 0 Å². The van der Waals surface area contributed by atoms with Gasteiger partial charge in [0.1, 0.15) is 0 Å². The lowest BCUT2D eigenvalue weighted by atomic mass is 10.4. The van der Waals surface area contributed by atoms with Gasteiger partial charge in [-0.15, -0.1) is 11.3 Å². The van der Waals surface area contributed by atoms with Gasteiger partial charge in [0.2, 0.25) is 5.91 Å². The van der Waals surface area contributed by atoms with Gasteiger partial charge in [-0.25, -0.2) is 4.98 Å². The van der Waals surface area contributed by atoms with E-state index in [0.29, 0.717) is 19.0 Å². The highest BCUT2D eigenvalue weighted by molar-refractivity contribution is 7.13. The maximum absolute atomic E-state index is 11.4. The van der Waals surface area contributed by atoms with E-state index in [1.165, 1.54) is 0 Å². The summed E-state index contributed by atoms with van der Waals surface area (Å²) in [5.74, 6) is 0.141. The quantitative estimate of drug-likeness (QED) is 0.795. The summed E-state index contributed by atoms with van der Waals surface area (Å²) in [7, 11) is 0. The summed E-state index contributed by atoms with van der Waals surface area (Å²) in [5.41, 5.74) is 1.11. The van der Waals surface area contributed by atoms with Gasteiger partial charge in [-0.1, -0.05) is 6.92 Å². The fraction of sp³-hybridized carbons (Fsp3) is 0.636. The maximum Gasteiger partial charge on any atom is 0.221 e. The zero-order chi connectivity index (χ0) is 11.4. The number of nitrogens with zero attached hydrogens (tertiary/aromatic N) is 1. The highest BCUT2D eigenvalue weighted by atomic mass is 32.1. The number of anilines is 1. The van der Waals surface area contributed by atoms with E-state index in [9.17, 15) is 4.79 Å². The number of rotatable bonds is 6. The highest BCUT2D eigenvalue weighted by Crippen LogP contribution is 2.18. The topological polar surface area (TPSA) is 54.0 Å². The molecule has 2 N–H and O–H groups in total. The van der Waals surface area contributed by atoms with Crippen LogP contribution in [0.1, 0.15) is 31.9 Å². The van der Waals surface area contributed by atoms with Gasteiger partial charge in [0.05, 0.1) is 5.69 Å². The molecule has 1 aromatic rings. The summed E-state index contributed by atoms with van der Waals surface area (Å²) in [6.07, 6.45) is 3.77. The summed E-state index contributed by atoms with van der Waals surface area (Å²) in [5, 5.41) is 9.09. The second kappa shape index (κ2) is 5.30. The van der Waals surface area contributed by atoms with Crippen LogP contribution in [0.5, 0.6) is 0 Å². The number of hydrogen-bond donors (Lipinski definition) is 2. The second-order valence-corrected chi connectivity index (χ2v) is 4.87. The van der Waals surface area contributed by atoms with Gasteiger partial charge in [-0.3, -0.25) is 4.79 Å². The molecule has 1 fully saturated rings. The molecule has 1 amide bonds. The van der Waals surface area contributed by atoms with Crippen LogP contribution in [0.3, 0.4) is 0 Å². The monoisotopic (exact) mass is 239 g/mol. The fourth-order valence-electron chi connectivity index (χ4n) is 1.36. The van der Waals surface area contributed by atoms with Gasteiger partial charge in [0.15, 0.2) is 5.13 Å². The molecular formula is C11H17N3OS. The Morgan fingerprint density at radius 2 is 2.44 bits per heavy atom. The van der Waals surface area contributed by atoms with E-state index in [2.05, 4.69) is 22.5 Å². The molecule has 1 saturated carbocycles. The molecule has 1 aromatic heterocycles. The average Bonchev–Trinajstić information content (AvgIpc) is 2.96. The minimum Gasteiger partial charge on any atom is -0.361 e. The van der Waals surface area contributed by atoms with Crippen LogP contribution in [0.4, 0.5) is 5.13 Å². The number of carbonyl (C=O) groups is 1. The Balaban J connectivity index is 1.64. The van der Waals surface area contributed by atoms with E-state index in [4.69, 9.17) is 0 Å². The Hall–Kier alpha value is -1.10. The average molecular weight is 239 g/mol. The highest BCUT2D eigenvalue weighted by Gasteiger charge is 2.22. The lowest BCUT2D eigenvalue weighted by Crippen LogP contribution is -2.27. The second-order valence-electron chi connectivity index (χ2n) is 4.02. The molecule has 0 spiro atoms. The maximum atomic E-state index is 11.4. The van der Waals surface area contributed by atoms with Crippen molar-refractivity contribution in [1.82, 2.24) is 10.3 Å². The summed E-state index contributed by atoms with van der Waals surface area (Å²) < 4.78 is 0. The SMILES string of the molecule is CCc1csc(NCCC(=O)NC2CC2)n1. The van der Waals surface area contributed by atoms with Crippen molar-refractivity contribution >= 4 is 22.4 Å². The van der Waals surface area contributed by atoms with Crippen molar-refractivity contribution in [2.75, 3.05) is 11.9 Å². The van der Waals surface area contributed by atoms with Crippen molar-refractivity contribution in [2.45, 2.75) is 38.6 Å². The zero-order valence-electron chi connectivity index (χ0n) is 9.45. The largest absolute Gasteiger partial charge is 0.361 e.